The fourth-order valence-corrected chi connectivity index (χ4v) is 2.24. The number of methoxy groups -OCH3 is 2. The predicted molar refractivity (Wildman–Crippen MR) is 91.1 cm³/mol. The van der Waals surface area contributed by atoms with Gasteiger partial charge in [-0.1, -0.05) is 19.9 Å². The van der Waals surface area contributed by atoms with Gasteiger partial charge in [0.2, 0.25) is 0 Å². The summed E-state index contributed by atoms with van der Waals surface area (Å²) in [4.78, 5) is 25.8. The summed E-state index contributed by atoms with van der Waals surface area (Å²) in [5.74, 6) is 0.350. The van der Waals surface area contributed by atoms with Crippen LogP contribution in [-0.4, -0.2) is 50.2 Å². The first kappa shape index (κ1) is 19.8. The molecule has 0 saturated carbocycles. The van der Waals surface area contributed by atoms with Crippen molar-refractivity contribution < 1.29 is 23.8 Å². The van der Waals surface area contributed by atoms with Gasteiger partial charge >= 0.3 is 5.97 Å². The molecule has 2 unspecified atom stereocenters. The topological polar surface area (TPSA) is 65.1 Å². The van der Waals surface area contributed by atoms with E-state index in [1.54, 1.807) is 43.2 Å². The highest BCUT2D eigenvalue weighted by Crippen LogP contribution is 2.19. The summed E-state index contributed by atoms with van der Waals surface area (Å²) in [7, 11) is 2.92. The van der Waals surface area contributed by atoms with Crippen LogP contribution in [0.25, 0.3) is 0 Å². The number of carbonyl (C=O) groups excluding carboxylic acids is 2. The second-order valence-corrected chi connectivity index (χ2v) is 5.70. The molecule has 0 radical (unpaired) electrons. The first-order valence-electron chi connectivity index (χ1n) is 8.07. The maximum absolute atomic E-state index is 12.5. The molecule has 1 aromatic rings. The molecule has 0 aliphatic rings. The third kappa shape index (κ3) is 5.76. The van der Waals surface area contributed by atoms with Gasteiger partial charge in [-0.05, 0) is 25.5 Å². The Morgan fingerprint density at radius 1 is 1.17 bits per heavy atom. The van der Waals surface area contributed by atoms with E-state index in [1.165, 1.54) is 7.11 Å². The van der Waals surface area contributed by atoms with Crippen LogP contribution in [0.2, 0.25) is 0 Å². The van der Waals surface area contributed by atoms with Gasteiger partial charge in [0.1, 0.15) is 11.5 Å². The van der Waals surface area contributed by atoms with E-state index in [0.717, 1.165) is 6.42 Å². The largest absolute Gasteiger partial charge is 0.497 e. The Morgan fingerprint density at radius 3 is 2.42 bits per heavy atom. The van der Waals surface area contributed by atoms with Gasteiger partial charge in [0.05, 0.1) is 20.1 Å². The lowest BCUT2D eigenvalue weighted by Gasteiger charge is -2.30. The Bertz CT molecular complexity index is 546. The number of rotatable bonds is 9. The lowest BCUT2D eigenvalue weighted by molar-refractivity contribution is -0.147. The molecule has 24 heavy (non-hydrogen) atoms. The molecule has 0 fully saturated rings. The van der Waals surface area contributed by atoms with Crippen LogP contribution in [0, 0.1) is 5.92 Å². The number of benzene rings is 1. The van der Waals surface area contributed by atoms with E-state index in [-0.39, 0.29) is 30.4 Å². The molecular weight excluding hydrogens is 310 g/mol. The first-order chi connectivity index (χ1) is 11.4. The standard InChI is InChI=1S/C18H27NO5/c1-6-14(3)19(11-13(2)18(21)23-5)17(20)12-24-16-9-7-8-15(10-16)22-4/h7-10,13-14H,6,11-12H2,1-5H3. The van der Waals surface area contributed by atoms with Crippen LogP contribution in [0.1, 0.15) is 27.2 Å². The zero-order valence-corrected chi connectivity index (χ0v) is 15.1. The molecule has 1 amide bonds. The molecule has 6 heteroatoms. The van der Waals surface area contributed by atoms with Gasteiger partial charge in [0.15, 0.2) is 6.61 Å². The van der Waals surface area contributed by atoms with Gasteiger partial charge in [-0.3, -0.25) is 9.59 Å². The van der Waals surface area contributed by atoms with Gasteiger partial charge < -0.3 is 19.1 Å². The van der Waals surface area contributed by atoms with Crippen LogP contribution in [0.3, 0.4) is 0 Å². The maximum Gasteiger partial charge on any atom is 0.310 e. The number of nitrogens with zero attached hydrogens (tertiary/aromatic N) is 1. The Kier molecular flexibility index (Phi) is 8.09. The normalized spacial score (nSPS) is 12.9. The average molecular weight is 337 g/mol. The zero-order valence-electron chi connectivity index (χ0n) is 15.1. The van der Waals surface area contributed by atoms with E-state index in [0.29, 0.717) is 18.0 Å². The minimum Gasteiger partial charge on any atom is -0.497 e. The number of ether oxygens (including phenoxy) is 3. The third-order valence-corrected chi connectivity index (χ3v) is 3.92. The summed E-state index contributed by atoms with van der Waals surface area (Å²) in [5.41, 5.74) is 0. The summed E-state index contributed by atoms with van der Waals surface area (Å²) < 4.78 is 15.4. The van der Waals surface area contributed by atoms with Crippen LogP contribution >= 0.6 is 0 Å². The molecule has 0 aromatic heterocycles. The molecule has 0 spiro atoms. The lowest BCUT2D eigenvalue weighted by Crippen LogP contribution is -2.44. The number of hydrogen-bond acceptors (Lipinski definition) is 5. The maximum atomic E-state index is 12.5. The number of carbonyl (C=O) groups is 2. The fraction of sp³-hybridized carbons (Fsp3) is 0.556. The molecule has 0 saturated heterocycles. The number of esters is 1. The molecule has 0 aliphatic heterocycles. The fourth-order valence-electron chi connectivity index (χ4n) is 2.24. The third-order valence-electron chi connectivity index (χ3n) is 3.92. The van der Waals surface area contributed by atoms with Gasteiger partial charge in [-0.25, -0.2) is 0 Å². The van der Waals surface area contributed by atoms with Crippen molar-refractivity contribution in [2.75, 3.05) is 27.4 Å². The molecular formula is C18H27NO5. The van der Waals surface area contributed by atoms with E-state index in [1.807, 2.05) is 13.8 Å². The second kappa shape index (κ2) is 9.80. The minimum absolute atomic E-state index is 0.0125. The molecule has 2 atom stereocenters. The first-order valence-corrected chi connectivity index (χ1v) is 8.07. The van der Waals surface area contributed by atoms with E-state index in [2.05, 4.69) is 0 Å². The highest BCUT2D eigenvalue weighted by molar-refractivity contribution is 5.79. The van der Waals surface area contributed by atoms with Crippen molar-refractivity contribution in [2.24, 2.45) is 5.92 Å². The van der Waals surface area contributed by atoms with Crippen molar-refractivity contribution >= 4 is 11.9 Å². The van der Waals surface area contributed by atoms with E-state index in [4.69, 9.17) is 14.2 Å². The summed E-state index contributed by atoms with van der Waals surface area (Å²) in [6, 6.07) is 7.10. The molecule has 1 rings (SSSR count). The average Bonchev–Trinajstić information content (AvgIpc) is 2.62. The van der Waals surface area contributed by atoms with Crippen LogP contribution in [-0.2, 0) is 14.3 Å². The smallest absolute Gasteiger partial charge is 0.310 e. The van der Waals surface area contributed by atoms with Crippen molar-refractivity contribution in [1.82, 2.24) is 4.90 Å². The molecule has 0 bridgehead atoms. The Morgan fingerprint density at radius 2 is 1.83 bits per heavy atom. The molecule has 0 heterocycles. The van der Waals surface area contributed by atoms with Crippen molar-refractivity contribution in [1.29, 1.82) is 0 Å². The van der Waals surface area contributed by atoms with Gasteiger partial charge in [-0.2, -0.15) is 0 Å². The Labute approximate surface area is 143 Å². The van der Waals surface area contributed by atoms with Gasteiger partial charge in [0.25, 0.3) is 5.91 Å². The molecule has 6 nitrogen and oxygen atoms in total. The molecule has 0 N–H and O–H groups in total. The molecule has 1 aromatic carbocycles. The van der Waals surface area contributed by atoms with Gasteiger partial charge in [0, 0.05) is 18.7 Å². The van der Waals surface area contributed by atoms with Crippen molar-refractivity contribution in [3.63, 3.8) is 0 Å². The van der Waals surface area contributed by atoms with Gasteiger partial charge in [-0.15, -0.1) is 0 Å². The van der Waals surface area contributed by atoms with E-state index < -0.39 is 0 Å². The summed E-state index contributed by atoms with van der Waals surface area (Å²) in [6.07, 6.45) is 0.790. The van der Waals surface area contributed by atoms with Crippen LogP contribution in [0.5, 0.6) is 11.5 Å². The Hall–Kier alpha value is -2.24. The van der Waals surface area contributed by atoms with Crippen LogP contribution < -0.4 is 9.47 Å². The van der Waals surface area contributed by atoms with Crippen molar-refractivity contribution in [2.45, 2.75) is 33.2 Å². The summed E-state index contributed by atoms with van der Waals surface area (Å²) in [5, 5.41) is 0. The lowest BCUT2D eigenvalue weighted by atomic mass is 10.1. The van der Waals surface area contributed by atoms with Crippen molar-refractivity contribution in [3.8, 4) is 11.5 Å². The van der Waals surface area contributed by atoms with Crippen molar-refractivity contribution in [3.05, 3.63) is 24.3 Å². The summed E-state index contributed by atoms with van der Waals surface area (Å²) in [6.45, 7) is 5.91. The van der Waals surface area contributed by atoms with E-state index in [9.17, 15) is 9.59 Å². The van der Waals surface area contributed by atoms with E-state index >= 15 is 0 Å². The quantitative estimate of drug-likeness (QED) is 0.648. The SMILES string of the molecule is CCC(C)N(CC(C)C(=O)OC)C(=O)COc1cccc(OC)c1. The highest BCUT2D eigenvalue weighted by Gasteiger charge is 2.25. The second-order valence-electron chi connectivity index (χ2n) is 5.70. The summed E-state index contributed by atoms with van der Waals surface area (Å²) >= 11 is 0. The van der Waals surface area contributed by atoms with Crippen LogP contribution in [0.15, 0.2) is 24.3 Å². The number of hydrogen-bond donors (Lipinski definition) is 0. The predicted octanol–water partition coefficient (Wildman–Crippen LogP) is 2.51. The van der Waals surface area contributed by atoms with Crippen LogP contribution in [0.4, 0.5) is 0 Å². The highest BCUT2D eigenvalue weighted by atomic mass is 16.5. The zero-order chi connectivity index (χ0) is 18.1. The number of amides is 1. The monoisotopic (exact) mass is 337 g/mol. The Balaban J connectivity index is 2.71. The minimum atomic E-state index is -0.384. The molecule has 0 aliphatic carbocycles. The molecule has 134 valence electrons.